The maximum Gasteiger partial charge on any atom is 0.284 e. The van der Waals surface area contributed by atoms with Crippen molar-refractivity contribution in [3.05, 3.63) is 70.3 Å². The van der Waals surface area contributed by atoms with Gasteiger partial charge in [0.05, 0.1) is 18.4 Å². The zero-order valence-electron chi connectivity index (χ0n) is 22.9. The summed E-state index contributed by atoms with van der Waals surface area (Å²) in [5, 5.41) is 0.750. The minimum absolute atomic E-state index is 0.0426. The minimum Gasteiger partial charge on any atom is -0.491 e. The van der Waals surface area contributed by atoms with Crippen LogP contribution in [0.25, 0.3) is 0 Å². The molecule has 0 aromatic heterocycles. The van der Waals surface area contributed by atoms with Gasteiger partial charge in [-0.05, 0) is 97.7 Å². The third-order valence-corrected chi connectivity index (χ3v) is 9.91. The van der Waals surface area contributed by atoms with Gasteiger partial charge in [0.25, 0.3) is 5.91 Å². The Labute approximate surface area is 238 Å². The molecule has 2 aromatic carbocycles. The summed E-state index contributed by atoms with van der Waals surface area (Å²) in [6.45, 7) is 4.14. The lowest BCUT2D eigenvalue weighted by atomic mass is 9.70. The van der Waals surface area contributed by atoms with Crippen LogP contribution >= 0.6 is 11.6 Å². The molecule has 8 heteroatoms. The third kappa shape index (κ3) is 6.87. The average Bonchev–Trinajstić information content (AvgIpc) is 2.92. The van der Waals surface area contributed by atoms with Crippen LogP contribution in [0.1, 0.15) is 60.5 Å². The van der Waals surface area contributed by atoms with E-state index in [1.807, 2.05) is 25.1 Å². The van der Waals surface area contributed by atoms with Crippen molar-refractivity contribution in [1.29, 1.82) is 0 Å². The quantitative estimate of drug-likeness (QED) is 0.313. The molecule has 210 valence electrons. The van der Waals surface area contributed by atoms with Crippen LogP contribution in [-0.4, -0.2) is 42.2 Å². The summed E-state index contributed by atoms with van der Waals surface area (Å²) in [6.07, 6.45) is 10.3. The molecule has 0 radical (unpaired) electrons. The van der Waals surface area contributed by atoms with Gasteiger partial charge in [-0.15, -0.1) is 0 Å². The van der Waals surface area contributed by atoms with E-state index in [0.717, 1.165) is 61.5 Å². The lowest BCUT2D eigenvalue weighted by Crippen LogP contribution is -2.43. The highest BCUT2D eigenvalue weighted by Crippen LogP contribution is 2.42. The van der Waals surface area contributed by atoms with Gasteiger partial charge in [-0.1, -0.05) is 36.7 Å². The molecular weight excluding hydrogens is 532 g/mol. The van der Waals surface area contributed by atoms with Crippen molar-refractivity contribution in [2.45, 2.75) is 58.1 Å². The molecule has 0 N–H and O–H groups in total. The molecular formula is C31H39ClN2O4S. The Hall–Kier alpha value is -2.35. The van der Waals surface area contributed by atoms with Gasteiger partial charge in [-0.3, -0.25) is 9.00 Å². The summed E-state index contributed by atoms with van der Waals surface area (Å²) in [7, 11) is -0.203. The molecule has 0 spiro atoms. The van der Waals surface area contributed by atoms with Crippen LogP contribution in [0.4, 0.5) is 5.69 Å². The highest BCUT2D eigenvalue weighted by atomic mass is 35.5. The van der Waals surface area contributed by atoms with Crippen LogP contribution in [0.5, 0.6) is 5.75 Å². The van der Waals surface area contributed by atoms with Crippen LogP contribution in [0.3, 0.4) is 0 Å². The Morgan fingerprint density at radius 2 is 2.00 bits per heavy atom. The molecule has 3 aliphatic rings. The van der Waals surface area contributed by atoms with E-state index in [1.165, 1.54) is 11.1 Å². The van der Waals surface area contributed by atoms with Gasteiger partial charge in [-0.2, -0.15) is 4.36 Å². The van der Waals surface area contributed by atoms with Crippen molar-refractivity contribution in [2.75, 3.05) is 30.9 Å². The molecule has 2 aliphatic heterocycles. The van der Waals surface area contributed by atoms with Crippen molar-refractivity contribution < 1.29 is 18.5 Å². The van der Waals surface area contributed by atoms with Crippen molar-refractivity contribution >= 4 is 33.8 Å². The fourth-order valence-corrected chi connectivity index (χ4v) is 7.25. The Kier molecular flexibility index (Phi) is 9.31. The highest BCUT2D eigenvalue weighted by Gasteiger charge is 2.38. The molecule has 5 atom stereocenters. The predicted molar refractivity (Wildman–Crippen MR) is 158 cm³/mol. The van der Waals surface area contributed by atoms with Crippen LogP contribution in [-0.2, 0) is 28.3 Å². The normalized spacial score (nSPS) is 29.4. The van der Waals surface area contributed by atoms with E-state index in [2.05, 4.69) is 33.5 Å². The number of amides is 1. The first-order chi connectivity index (χ1) is 18.9. The molecule has 0 saturated heterocycles. The first kappa shape index (κ1) is 28.2. The van der Waals surface area contributed by atoms with Crippen molar-refractivity contribution in [1.82, 2.24) is 0 Å². The Morgan fingerprint density at radius 3 is 2.79 bits per heavy atom. The summed E-state index contributed by atoms with van der Waals surface area (Å²) in [5.41, 5.74) is 3.81. The van der Waals surface area contributed by atoms with E-state index in [1.54, 1.807) is 13.2 Å². The second-order valence-electron chi connectivity index (χ2n) is 11.2. The fraction of sp³-hybridized carbons (Fsp3) is 0.516. The minimum atomic E-state index is -1.99. The van der Waals surface area contributed by atoms with Crippen LogP contribution in [0.15, 0.2) is 52.9 Å². The number of methoxy groups -OCH3 is 1. The number of nitrogens with zero attached hydrogens (tertiary/aromatic N) is 2. The number of carbonyl (C=O) groups is 1. The predicted octanol–water partition coefficient (Wildman–Crippen LogP) is 6.50. The van der Waals surface area contributed by atoms with E-state index in [0.29, 0.717) is 36.3 Å². The SMILES string of the molecule is CO[C@H]1/C=C/C[C@H](C)C/[SH](=O)=N\C(=O)c2ccc3c(c2)N(Cc2ccc(Cl)cc2CCCCO3)C[C@@H]2CCC21. The molecule has 1 saturated carbocycles. The van der Waals surface area contributed by atoms with Crippen LogP contribution in [0, 0.1) is 17.8 Å². The van der Waals surface area contributed by atoms with Gasteiger partial charge in [0.15, 0.2) is 0 Å². The molecule has 1 fully saturated rings. The van der Waals surface area contributed by atoms with Gasteiger partial charge < -0.3 is 14.4 Å². The number of carbonyl (C=O) groups excluding carboxylic acids is 1. The van der Waals surface area contributed by atoms with Gasteiger partial charge in [0.2, 0.25) is 0 Å². The summed E-state index contributed by atoms with van der Waals surface area (Å²) in [4.78, 5) is 15.5. The first-order valence-electron chi connectivity index (χ1n) is 14.1. The number of benzene rings is 2. The first-order valence-corrected chi connectivity index (χ1v) is 15.9. The number of fused-ring (bicyclic) bond motifs is 3. The molecule has 39 heavy (non-hydrogen) atoms. The summed E-state index contributed by atoms with van der Waals surface area (Å²) >= 11 is 6.40. The smallest absolute Gasteiger partial charge is 0.284 e. The van der Waals surface area contributed by atoms with Crippen molar-refractivity contribution in [2.24, 2.45) is 22.1 Å². The van der Waals surface area contributed by atoms with E-state index >= 15 is 0 Å². The van der Waals surface area contributed by atoms with Gasteiger partial charge >= 0.3 is 0 Å². The van der Waals surface area contributed by atoms with E-state index in [4.69, 9.17) is 21.1 Å². The second kappa shape index (κ2) is 12.9. The Morgan fingerprint density at radius 1 is 1.13 bits per heavy atom. The number of aryl methyl sites for hydroxylation is 1. The average molecular weight is 571 g/mol. The van der Waals surface area contributed by atoms with Crippen molar-refractivity contribution in [3.8, 4) is 5.75 Å². The molecule has 2 aromatic rings. The number of halogens is 1. The fourth-order valence-electron chi connectivity index (χ4n) is 5.97. The van der Waals surface area contributed by atoms with Crippen molar-refractivity contribution in [3.63, 3.8) is 0 Å². The number of hydrogen-bond donors (Lipinski definition) is 1. The van der Waals surface area contributed by atoms with Crippen LogP contribution in [0.2, 0.25) is 5.02 Å². The monoisotopic (exact) mass is 570 g/mol. The molecule has 6 nitrogen and oxygen atoms in total. The third-order valence-electron chi connectivity index (χ3n) is 8.33. The van der Waals surface area contributed by atoms with Gasteiger partial charge in [0, 0.05) is 47.1 Å². The Balaban J connectivity index is 1.60. The molecule has 5 rings (SSSR count). The van der Waals surface area contributed by atoms with E-state index in [9.17, 15) is 9.00 Å². The Bertz CT molecular complexity index is 1310. The van der Waals surface area contributed by atoms with E-state index < -0.39 is 16.5 Å². The molecule has 1 amide bonds. The number of anilines is 1. The summed E-state index contributed by atoms with van der Waals surface area (Å²) in [6, 6.07) is 11.7. The van der Waals surface area contributed by atoms with Crippen LogP contribution < -0.4 is 9.64 Å². The summed E-state index contributed by atoms with van der Waals surface area (Å²) < 4.78 is 29.1. The second-order valence-corrected chi connectivity index (χ2v) is 12.9. The zero-order valence-corrected chi connectivity index (χ0v) is 24.5. The standard InChI is InChI=1S/C31H39ClN2O4S/c1-21-6-5-8-29(37-2)27-13-10-25(27)19-34-18-24-9-12-26(32)16-22(24)7-3-4-15-38-30-14-11-23(17-28(30)34)31(35)33-39(36)20-21/h5,8-9,11-12,14,16-17,21,25,27,29,39H,3-4,6-7,10,13,15,18-20H2,1-2H3/b8-5+/t21-,25-,27?,29-/m0/s1. The van der Waals surface area contributed by atoms with Gasteiger partial charge in [-0.25, -0.2) is 0 Å². The molecule has 2 bridgehead atoms. The molecule has 1 aliphatic carbocycles. The molecule has 2 heterocycles. The van der Waals surface area contributed by atoms with Gasteiger partial charge in [0.1, 0.15) is 5.75 Å². The zero-order chi connectivity index (χ0) is 27.4. The largest absolute Gasteiger partial charge is 0.491 e. The lowest BCUT2D eigenvalue weighted by molar-refractivity contribution is 0.0133. The number of thiol groups is 1. The maximum atomic E-state index is 13.1. The number of ether oxygens (including phenoxy) is 2. The maximum absolute atomic E-state index is 13.1. The highest BCUT2D eigenvalue weighted by molar-refractivity contribution is 7.75. The topological polar surface area (TPSA) is 68.2 Å². The van der Waals surface area contributed by atoms with E-state index in [-0.39, 0.29) is 12.0 Å². The molecule has 2 unspecified atom stereocenters. The summed E-state index contributed by atoms with van der Waals surface area (Å²) in [5.74, 6) is 1.73. The number of hydrogen-bond acceptors (Lipinski definition) is 5. The number of allylic oxidation sites excluding steroid dienone is 1. The lowest BCUT2D eigenvalue weighted by Gasteiger charge is -2.43. The number of rotatable bonds is 1.